The number of hydrogen-bond donors (Lipinski definition) is 1. The molecule has 0 radical (unpaired) electrons. The summed E-state index contributed by atoms with van der Waals surface area (Å²) in [4.78, 5) is 27.4. The Balaban J connectivity index is 2.27. The average molecular weight is 524 g/mol. The molecule has 1 atom stereocenters. The molecule has 7 nitrogen and oxygen atoms in total. The predicted octanol–water partition coefficient (Wildman–Crippen LogP) is 3.20. The van der Waals surface area contributed by atoms with Crippen molar-refractivity contribution in [2.45, 2.75) is 32.7 Å². The van der Waals surface area contributed by atoms with Gasteiger partial charge in [0.15, 0.2) is 0 Å². The van der Waals surface area contributed by atoms with E-state index in [9.17, 15) is 18.0 Å². The quantitative estimate of drug-likeness (QED) is 0.489. The fraction of sp³-hybridized carbons (Fsp3) is 0.391. The molecule has 2 aromatic rings. The number of halogens is 1. The van der Waals surface area contributed by atoms with Crippen LogP contribution in [0.2, 0.25) is 0 Å². The van der Waals surface area contributed by atoms with Crippen LogP contribution in [0.1, 0.15) is 25.8 Å². The van der Waals surface area contributed by atoms with Gasteiger partial charge in [0.1, 0.15) is 12.6 Å². The zero-order chi connectivity index (χ0) is 23.7. The minimum atomic E-state index is -3.72. The van der Waals surface area contributed by atoms with Gasteiger partial charge in [-0.25, -0.2) is 8.42 Å². The molecule has 0 aromatic heterocycles. The molecular formula is C23H30BrN3O4S. The third-order valence-electron chi connectivity index (χ3n) is 4.99. The van der Waals surface area contributed by atoms with Gasteiger partial charge in [0.05, 0.1) is 11.9 Å². The first-order valence-corrected chi connectivity index (χ1v) is 13.1. The Morgan fingerprint density at radius 1 is 1.06 bits per heavy atom. The van der Waals surface area contributed by atoms with Gasteiger partial charge < -0.3 is 10.2 Å². The van der Waals surface area contributed by atoms with Gasteiger partial charge in [-0.2, -0.15) is 0 Å². The van der Waals surface area contributed by atoms with Gasteiger partial charge in [0.25, 0.3) is 0 Å². The molecule has 0 heterocycles. The molecule has 0 aliphatic carbocycles. The minimum absolute atomic E-state index is 0.261. The first-order valence-electron chi connectivity index (χ1n) is 10.5. The molecule has 0 unspecified atom stereocenters. The van der Waals surface area contributed by atoms with Crippen molar-refractivity contribution in [2.75, 3.05) is 30.2 Å². The highest BCUT2D eigenvalue weighted by Gasteiger charge is 2.29. The summed E-state index contributed by atoms with van der Waals surface area (Å²) in [6.45, 7) is 4.03. The summed E-state index contributed by atoms with van der Waals surface area (Å²) in [5.41, 5.74) is 1.41. The topological polar surface area (TPSA) is 86.8 Å². The lowest BCUT2D eigenvalue weighted by Crippen LogP contribution is -2.52. The number of carbonyl (C=O) groups excluding carboxylic acids is 2. The van der Waals surface area contributed by atoms with E-state index >= 15 is 0 Å². The summed E-state index contributed by atoms with van der Waals surface area (Å²) >= 11 is 3.33. The van der Waals surface area contributed by atoms with E-state index < -0.39 is 22.0 Å². The van der Waals surface area contributed by atoms with Crippen LogP contribution < -0.4 is 9.62 Å². The Morgan fingerprint density at radius 3 is 2.25 bits per heavy atom. The summed E-state index contributed by atoms with van der Waals surface area (Å²) in [6.07, 6.45) is 2.39. The largest absolute Gasteiger partial charge is 0.354 e. The third kappa shape index (κ3) is 7.63. The van der Waals surface area contributed by atoms with Crippen molar-refractivity contribution in [1.82, 2.24) is 10.2 Å². The van der Waals surface area contributed by atoms with Crippen LogP contribution >= 0.6 is 15.9 Å². The molecular weight excluding hydrogens is 494 g/mol. The highest BCUT2D eigenvalue weighted by Crippen LogP contribution is 2.21. The van der Waals surface area contributed by atoms with E-state index in [1.165, 1.54) is 4.90 Å². The Kier molecular flexibility index (Phi) is 9.71. The smallest absolute Gasteiger partial charge is 0.244 e. The number of rotatable bonds is 11. The van der Waals surface area contributed by atoms with Crippen molar-refractivity contribution in [3.05, 3.63) is 64.6 Å². The number of sulfonamides is 1. The number of nitrogens with one attached hydrogen (secondary N) is 1. The minimum Gasteiger partial charge on any atom is -0.354 e. The lowest BCUT2D eigenvalue weighted by Gasteiger charge is -2.31. The molecule has 0 bridgehead atoms. The molecule has 1 N–H and O–H groups in total. The molecule has 0 fully saturated rings. The number of carbonyl (C=O) groups is 2. The highest BCUT2D eigenvalue weighted by atomic mass is 79.9. The van der Waals surface area contributed by atoms with Crippen molar-refractivity contribution in [3.8, 4) is 0 Å². The van der Waals surface area contributed by atoms with Crippen LogP contribution in [0.4, 0.5) is 5.69 Å². The van der Waals surface area contributed by atoms with Gasteiger partial charge in [-0.15, -0.1) is 0 Å². The number of amides is 2. The van der Waals surface area contributed by atoms with Crippen LogP contribution in [-0.4, -0.2) is 57.1 Å². The Hall–Kier alpha value is -2.39. The van der Waals surface area contributed by atoms with Crippen LogP contribution in [0.25, 0.3) is 0 Å². The van der Waals surface area contributed by atoms with Crippen LogP contribution in [0.15, 0.2) is 59.1 Å². The Bertz CT molecular complexity index is 998. The molecule has 0 aliphatic rings. The molecule has 32 heavy (non-hydrogen) atoms. The van der Waals surface area contributed by atoms with Crippen LogP contribution in [0.5, 0.6) is 0 Å². The SMILES string of the molecule is CCCNC(=O)[C@@H](C)N(CCc1ccccc1)C(=O)CN(c1ccc(Br)cc1)S(C)(=O)=O. The molecule has 0 saturated carbocycles. The van der Waals surface area contributed by atoms with Gasteiger partial charge in [-0.1, -0.05) is 53.2 Å². The molecule has 0 saturated heterocycles. The number of hydrogen-bond acceptors (Lipinski definition) is 4. The summed E-state index contributed by atoms with van der Waals surface area (Å²) in [6, 6.07) is 15.6. The zero-order valence-corrected chi connectivity index (χ0v) is 21.0. The van der Waals surface area contributed by atoms with Gasteiger partial charge >= 0.3 is 0 Å². The van der Waals surface area contributed by atoms with Crippen molar-refractivity contribution in [1.29, 1.82) is 0 Å². The van der Waals surface area contributed by atoms with E-state index in [0.717, 1.165) is 27.0 Å². The molecule has 9 heteroatoms. The third-order valence-corrected chi connectivity index (χ3v) is 6.66. The summed E-state index contributed by atoms with van der Waals surface area (Å²) in [5.74, 6) is -0.698. The van der Waals surface area contributed by atoms with Crippen LogP contribution in [0.3, 0.4) is 0 Å². The maximum absolute atomic E-state index is 13.3. The molecule has 0 aliphatic heterocycles. The van der Waals surface area contributed by atoms with Gasteiger partial charge in [-0.3, -0.25) is 13.9 Å². The van der Waals surface area contributed by atoms with Crippen molar-refractivity contribution in [3.63, 3.8) is 0 Å². The van der Waals surface area contributed by atoms with Gasteiger partial charge in [-0.05, 0) is 49.6 Å². The zero-order valence-electron chi connectivity index (χ0n) is 18.6. The standard InChI is InChI=1S/C23H30BrN3O4S/c1-4-15-25-23(29)18(2)26(16-14-19-8-6-5-7-9-19)22(28)17-27(32(3,30)31)21-12-10-20(24)11-13-21/h5-13,18H,4,14-17H2,1-3H3,(H,25,29)/t18-/m1/s1. The number of anilines is 1. The number of nitrogens with zero attached hydrogens (tertiary/aromatic N) is 2. The first kappa shape index (κ1) is 25.9. The second kappa shape index (κ2) is 12.0. The second-order valence-corrected chi connectivity index (χ2v) is 10.4. The van der Waals surface area contributed by atoms with Crippen molar-refractivity contribution >= 4 is 43.5 Å². The van der Waals surface area contributed by atoms with Crippen LogP contribution in [0, 0.1) is 0 Å². The van der Waals surface area contributed by atoms with E-state index in [4.69, 9.17) is 0 Å². The lowest BCUT2D eigenvalue weighted by atomic mass is 10.1. The Labute approximate surface area is 199 Å². The van der Waals surface area contributed by atoms with Crippen molar-refractivity contribution in [2.24, 2.45) is 0 Å². The van der Waals surface area contributed by atoms with Crippen LogP contribution in [-0.2, 0) is 26.0 Å². The molecule has 2 amide bonds. The molecule has 2 rings (SSSR count). The van der Waals surface area contributed by atoms with Crippen molar-refractivity contribution < 1.29 is 18.0 Å². The van der Waals surface area contributed by atoms with E-state index in [2.05, 4.69) is 21.2 Å². The monoisotopic (exact) mass is 523 g/mol. The van der Waals surface area contributed by atoms with E-state index in [1.54, 1.807) is 31.2 Å². The highest BCUT2D eigenvalue weighted by molar-refractivity contribution is 9.10. The average Bonchev–Trinajstić information content (AvgIpc) is 2.76. The summed E-state index contributed by atoms with van der Waals surface area (Å²) in [7, 11) is -3.72. The second-order valence-electron chi connectivity index (χ2n) is 7.54. The summed E-state index contributed by atoms with van der Waals surface area (Å²) in [5, 5.41) is 2.82. The summed E-state index contributed by atoms with van der Waals surface area (Å²) < 4.78 is 26.8. The predicted molar refractivity (Wildman–Crippen MR) is 131 cm³/mol. The Morgan fingerprint density at radius 2 is 1.69 bits per heavy atom. The normalized spacial score (nSPS) is 12.1. The van der Waals surface area contributed by atoms with Gasteiger partial charge in [0.2, 0.25) is 21.8 Å². The van der Waals surface area contributed by atoms with E-state index in [-0.39, 0.29) is 12.5 Å². The fourth-order valence-electron chi connectivity index (χ4n) is 3.19. The maximum atomic E-state index is 13.3. The number of benzene rings is 2. The molecule has 174 valence electrons. The maximum Gasteiger partial charge on any atom is 0.244 e. The van der Waals surface area contributed by atoms with E-state index in [0.29, 0.717) is 25.2 Å². The molecule has 2 aromatic carbocycles. The lowest BCUT2D eigenvalue weighted by molar-refractivity contribution is -0.138. The van der Waals surface area contributed by atoms with E-state index in [1.807, 2.05) is 37.3 Å². The fourth-order valence-corrected chi connectivity index (χ4v) is 4.30. The van der Waals surface area contributed by atoms with Gasteiger partial charge in [0, 0.05) is 17.6 Å². The first-order chi connectivity index (χ1) is 15.1. The molecule has 0 spiro atoms.